The minimum atomic E-state index is -0.398. The third-order valence-electron chi connectivity index (χ3n) is 3.01. The lowest BCUT2D eigenvalue weighted by molar-refractivity contribution is -0.144. The molecular weight excluding hydrogens is 264 g/mol. The predicted molar refractivity (Wildman–Crippen MR) is 73.2 cm³/mol. The van der Waals surface area contributed by atoms with Crippen molar-refractivity contribution >= 4 is 17.6 Å². The summed E-state index contributed by atoms with van der Waals surface area (Å²) in [7, 11) is 1.38. The van der Waals surface area contributed by atoms with Gasteiger partial charge in [-0.25, -0.2) is 9.78 Å². The fourth-order valence-electron chi connectivity index (χ4n) is 1.93. The van der Waals surface area contributed by atoms with Gasteiger partial charge in [0.2, 0.25) is 0 Å². The highest BCUT2D eigenvalue weighted by atomic mass is 35.5. The highest BCUT2D eigenvalue weighted by Gasteiger charge is 2.18. The Hall–Kier alpha value is -1.81. The van der Waals surface area contributed by atoms with Crippen molar-refractivity contribution in [1.82, 2.24) is 9.55 Å². The lowest BCUT2D eigenvalue weighted by Crippen LogP contribution is -2.19. The number of ether oxygens (including phenoxy) is 1. The van der Waals surface area contributed by atoms with Crippen molar-refractivity contribution < 1.29 is 9.53 Å². The van der Waals surface area contributed by atoms with Crippen molar-refractivity contribution in [3.63, 3.8) is 0 Å². The molecule has 0 aliphatic rings. The first-order chi connectivity index (χ1) is 9.13. The maximum Gasteiger partial charge on any atom is 0.328 e. The molecule has 1 aromatic heterocycles. The first kappa shape index (κ1) is 13.6. The smallest absolute Gasteiger partial charge is 0.328 e. The summed E-state index contributed by atoms with van der Waals surface area (Å²) in [6.45, 7) is 1.78. The summed E-state index contributed by atoms with van der Waals surface area (Å²) in [6, 6.07) is 7.20. The van der Waals surface area contributed by atoms with Crippen LogP contribution >= 0.6 is 11.6 Å². The molecule has 19 heavy (non-hydrogen) atoms. The van der Waals surface area contributed by atoms with Crippen molar-refractivity contribution in [2.45, 2.75) is 19.4 Å². The number of hydrogen-bond acceptors (Lipinski definition) is 3. The van der Waals surface area contributed by atoms with Gasteiger partial charge in [0, 0.05) is 23.8 Å². The summed E-state index contributed by atoms with van der Waals surface area (Å²) >= 11 is 6.13. The van der Waals surface area contributed by atoms with Gasteiger partial charge in [-0.15, -0.1) is 0 Å². The van der Waals surface area contributed by atoms with Crippen LogP contribution in [0.4, 0.5) is 0 Å². The number of carbonyl (C=O) groups excluding carboxylic acids is 1. The second-order valence-corrected chi connectivity index (χ2v) is 4.63. The Morgan fingerprint density at radius 1 is 1.47 bits per heavy atom. The Bertz CT molecular complexity index is 580. The molecule has 0 amide bonds. The Labute approximate surface area is 117 Å². The number of imidazole rings is 1. The van der Waals surface area contributed by atoms with Crippen LogP contribution in [0.1, 0.15) is 24.4 Å². The van der Waals surface area contributed by atoms with Gasteiger partial charge >= 0.3 is 5.97 Å². The van der Waals surface area contributed by atoms with E-state index in [-0.39, 0.29) is 5.97 Å². The number of benzene rings is 1. The zero-order valence-electron chi connectivity index (χ0n) is 10.8. The van der Waals surface area contributed by atoms with Crippen LogP contribution in [0.5, 0.6) is 0 Å². The third-order valence-corrected chi connectivity index (χ3v) is 3.38. The molecule has 0 aliphatic carbocycles. The first-order valence-electron chi connectivity index (χ1n) is 5.96. The molecule has 1 unspecified atom stereocenters. The van der Waals surface area contributed by atoms with Crippen LogP contribution in [0.15, 0.2) is 36.7 Å². The van der Waals surface area contributed by atoms with Gasteiger partial charge in [-0.1, -0.05) is 29.8 Å². The van der Waals surface area contributed by atoms with Crippen LogP contribution in [-0.4, -0.2) is 22.6 Å². The molecule has 0 spiro atoms. The molecule has 0 radical (unpaired) electrons. The molecule has 5 heteroatoms. The van der Waals surface area contributed by atoms with Crippen molar-refractivity contribution in [3.8, 4) is 0 Å². The molecule has 0 saturated heterocycles. The summed E-state index contributed by atoms with van der Waals surface area (Å²) < 4.78 is 6.55. The summed E-state index contributed by atoms with van der Waals surface area (Å²) in [4.78, 5) is 15.9. The fourth-order valence-corrected chi connectivity index (χ4v) is 2.13. The van der Waals surface area contributed by atoms with Crippen molar-refractivity contribution in [1.29, 1.82) is 0 Å². The summed E-state index contributed by atoms with van der Waals surface area (Å²) in [6.07, 6.45) is 4.02. The number of hydrogen-bond donors (Lipinski definition) is 0. The molecule has 0 aliphatic heterocycles. The van der Waals surface area contributed by atoms with Crippen LogP contribution < -0.4 is 0 Å². The highest BCUT2D eigenvalue weighted by molar-refractivity contribution is 6.31. The quantitative estimate of drug-likeness (QED) is 0.808. The first-order valence-corrected chi connectivity index (χ1v) is 6.34. The Balaban J connectivity index is 2.26. The monoisotopic (exact) mass is 278 g/mol. The standard InChI is InChI=1S/C14H15ClN2O2/c1-10(14(18)19-2)17-8-7-16-13(17)9-11-5-3-4-6-12(11)15/h3-8,10H,9H2,1-2H3. The van der Waals surface area contributed by atoms with Crippen LogP contribution in [0, 0.1) is 0 Å². The normalized spacial score (nSPS) is 12.2. The van der Waals surface area contributed by atoms with Crippen molar-refractivity contribution in [2.75, 3.05) is 7.11 Å². The van der Waals surface area contributed by atoms with E-state index >= 15 is 0 Å². The van der Waals surface area contributed by atoms with Gasteiger partial charge in [0.15, 0.2) is 0 Å². The largest absolute Gasteiger partial charge is 0.467 e. The number of nitrogens with zero attached hydrogens (tertiary/aromatic N) is 2. The van der Waals surface area contributed by atoms with E-state index in [1.165, 1.54) is 7.11 Å². The molecule has 0 fully saturated rings. The summed E-state index contributed by atoms with van der Waals surface area (Å²) in [5.41, 5.74) is 0.980. The number of esters is 1. The topological polar surface area (TPSA) is 44.1 Å². The fraction of sp³-hybridized carbons (Fsp3) is 0.286. The van der Waals surface area contributed by atoms with Gasteiger partial charge in [-0.2, -0.15) is 0 Å². The second kappa shape index (κ2) is 5.89. The molecule has 1 atom stereocenters. The van der Waals surface area contributed by atoms with E-state index < -0.39 is 6.04 Å². The number of rotatable bonds is 4. The lowest BCUT2D eigenvalue weighted by atomic mass is 10.1. The molecule has 0 bridgehead atoms. The number of carbonyl (C=O) groups is 1. The zero-order valence-corrected chi connectivity index (χ0v) is 11.6. The van der Waals surface area contributed by atoms with E-state index in [9.17, 15) is 4.79 Å². The molecule has 1 aromatic carbocycles. The van der Waals surface area contributed by atoms with Crippen molar-refractivity contribution in [3.05, 3.63) is 53.1 Å². The Morgan fingerprint density at radius 2 is 2.21 bits per heavy atom. The van der Waals surface area contributed by atoms with E-state index in [2.05, 4.69) is 4.98 Å². The minimum absolute atomic E-state index is 0.293. The van der Waals surface area contributed by atoms with Gasteiger partial charge in [-0.3, -0.25) is 0 Å². The van der Waals surface area contributed by atoms with Crippen LogP contribution in [-0.2, 0) is 16.0 Å². The summed E-state index contributed by atoms with van der Waals surface area (Å²) in [5.74, 6) is 0.490. The van der Waals surface area contributed by atoms with E-state index in [1.54, 1.807) is 23.9 Å². The van der Waals surface area contributed by atoms with Gasteiger partial charge in [-0.05, 0) is 18.6 Å². The van der Waals surface area contributed by atoms with Crippen molar-refractivity contribution in [2.24, 2.45) is 0 Å². The molecular formula is C14H15ClN2O2. The van der Waals surface area contributed by atoms with E-state index in [0.29, 0.717) is 11.4 Å². The zero-order chi connectivity index (χ0) is 13.8. The molecule has 0 N–H and O–H groups in total. The second-order valence-electron chi connectivity index (χ2n) is 4.22. The Kier molecular flexibility index (Phi) is 4.22. The van der Waals surface area contributed by atoms with Gasteiger partial charge in [0.1, 0.15) is 11.9 Å². The highest BCUT2D eigenvalue weighted by Crippen LogP contribution is 2.20. The van der Waals surface area contributed by atoms with Gasteiger partial charge in [0.05, 0.1) is 7.11 Å². The van der Waals surface area contributed by atoms with Crippen LogP contribution in [0.2, 0.25) is 5.02 Å². The van der Waals surface area contributed by atoms with E-state index in [1.807, 2.05) is 24.3 Å². The minimum Gasteiger partial charge on any atom is -0.467 e. The van der Waals surface area contributed by atoms with E-state index in [0.717, 1.165) is 11.4 Å². The average Bonchev–Trinajstić information content (AvgIpc) is 2.87. The van der Waals surface area contributed by atoms with Gasteiger partial charge in [0.25, 0.3) is 0 Å². The maximum absolute atomic E-state index is 11.6. The van der Waals surface area contributed by atoms with Crippen LogP contribution in [0.25, 0.3) is 0 Å². The summed E-state index contributed by atoms with van der Waals surface area (Å²) in [5, 5.41) is 0.697. The maximum atomic E-state index is 11.6. The van der Waals surface area contributed by atoms with Gasteiger partial charge < -0.3 is 9.30 Å². The third kappa shape index (κ3) is 2.96. The number of aromatic nitrogens is 2. The number of halogens is 1. The predicted octanol–water partition coefficient (Wildman–Crippen LogP) is 2.86. The molecule has 4 nitrogen and oxygen atoms in total. The Morgan fingerprint density at radius 3 is 2.89 bits per heavy atom. The molecule has 2 rings (SSSR count). The molecule has 0 saturated carbocycles. The average molecular weight is 279 g/mol. The van der Waals surface area contributed by atoms with Crippen LogP contribution in [0.3, 0.4) is 0 Å². The van der Waals surface area contributed by atoms with E-state index in [4.69, 9.17) is 16.3 Å². The molecule has 100 valence electrons. The lowest BCUT2D eigenvalue weighted by Gasteiger charge is -2.14. The SMILES string of the molecule is COC(=O)C(C)n1ccnc1Cc1ccccc1Cl. The number of methoxy groups -OCH3 is 1. The molecule has 1 heterocycles. The molecule has 2 aromatic rings.